The highest BCUT2D eigenvalue weighted by Gasteiger charge is 2.02. The van der Waals surface area contributed by atoms with Crippen LogP contribution < -0.4 is 11.5 Å². The molecule has 12 heavy (non-hydrogen) atoms. The molecule has 0 bridgehead atoms. The van der Waals surface area contributed by atoms with Gasteiger partial charge in [-0.3, -0.25) is 0 Å². The summed E-state index contributed by atoms with van der Waals surface area (Å²) in [6, 6.07) is 0.129. The second kappa shape index (κ2) is 6.91. The number of amides is 1. The van der Waals surface area contributed by atoms with Gasteiger partial charge in [-0.25, -0.2) is 4.79 Å². The molecule has 0 rings (SSSR count). The number of carbonyl (C=O) groups is 1. The molecule has 4 heteroatoms. The van der Waals surface area contributed by atoms with Crippen LogP contribution >= 0.6 is 0 Å². The van der Waals surface area contributed by atoms with Crippen LogP contribution in [-0.2, 0) is 4.74 Å². The molecule has 0 aliphatic rings. The summed E-state index contributed by atoms with van der Waals surface area (Å²) in [5.74, 6) is 0. The zero-order chi connectivity index (χ0) is 9.40. The van der Waals surface area contributed by atoms with Gasteiger partial charge >= 0.3 is 6.09 Å². The number of rotatable bonds is 6. The molecule has 72 valence electrons. The van der Waals surface area contributed by atoms with E-state index in [0.29, 0.717) is 13.0 Å². The maximum atomic E-state index is 10.2. The lowest BCUT2D eigenvalue weighted by Crippen LogP contribution is -2.23. The molecule has 0 radical (unpaired) electrons. The molecule has 0 fully saturated rings. The fourth-order valence-corrected chi connectivity index (χ4v) is 0.922. The van der Waals surface area contributed by atoms with E-state index in [1.807, 2.05) is 0 Å². The molecule has 1 amide bonds. The number of carbonyl (C=O) groups excluding carboxylic acids is 1. The number of nitrogens with two attached hydrogens (primary N) is 2. The van der Waals surface area contributed by atoms with Crippen molar-refractivity contribution in [2.45, 2.75) is 38.6 Å². The third-order valence-electron chi connectivity index (χ3n) is 1.66. The molecule has 1 unspecified atom stereocenters. The molecule has 0 aromatic rings. The van der Waals surface area contributed by atoms with Crippen molar-refractivity contribution < 1.29 is 9.53 Å². The molecule has 0 aliphatic heterocycles. The number of ether oxygens (including phenoxy) is 1. The highest BCUT2D eigenvalue weighted by Crippen LogP contribution is 2.01. The van der Waals surface area contributed by atoms with Gasteiger partial charge in [-0.2, -0.15) is 0 Å². The zero-order valence-corrected chi connectivity index (χ0v) is 7.58. The SMILES string of the molecule is CCCCC(N)CCOC(N)=O. The van der Waals surface area contributed by atoms with Gasteiger partial charge in [-0.05, 0) is 12.8 Å². The number of hydrogen-bond donors (Lipinski definition) is 2. The number of unbranched alkanes of at least 4 members (excludes halogenated alkanes) is 1. The van der Waals surface area contributed by atoms with Crippen LogP contribution in [0.2, 0.25) is 0 Å². The minimum atomic E-state index is -0.724. The fraction of sp³-hybridized carbons (Fsp3) is 0.875. The quantitative estimate of drug-likeness (QED) is 0.630. The lowest BCUT2D eigenvalue weighted by molar-refractivity contribution is 0.152. The van der Waals surface area contributed by atoms with Gasteiger partial charge in [0.2, 0.25) is 0 Å². The summed E-state index contributed by atoms with van der Waals surface area (Å²) in [4.78, 5) is 10.2. The third-order valence-corrected chi connectivity index (χ3v) is 1.66. The molecule has 0 spiro atoms. The second-order valence-corrected chi connectivity index (χ2v) is 2.86. The van der Waals surface area contributed by atoms with Crippen LogP contribution in [0.25, 0.3) is 0 Å². The largest absolute Gasteiger partial charge is 0.450 e. The average Bonchev–Trinajstić information content (AvgIpc) is 2.00. The molecule has 0 heterocycles. The summed E-state index contributed by atoms with van der Waals surface area (Å²) in [5, 5.41) is 0. The highest BCUT2D eigenvalue weighted by molar-refractivity contribution is 5.64. The Morgan fingerprint density at radius 3 is 2.67 bits per heavy atom. The minimum Gasteiger partial charge on any atom is -0.450 e. The Labute approximate surface area is 73.2 Å². The first kappa shape index (κ1) is 11.2. The summed E-state index contributed by atoms with van der Waals surface area (Å²) in [5.41, 5.74) is 10.5. The van der Waals surface area contributed by atoms with E-state index < -0.39 is 6.09 Å². The Hall–Kier alpha value is -0.770. The molecular weight excluding hydrogens is 156 g/mol. The van der Waals surface area contributed by atoms with Gasteiger partial charge in [0, 0.05) is 6.04 Å². The van der Waals surface area contributed by atoms with Crippen LogP contribution in [-0.4, -0.2) is 18.7 Å². The topological polar surface area (TPSA) is 78.3 Å². The van der Waals surface area contributed by atoms with Gasteiger partial charge in [0.15, 0.2) is 0 Å². The molecule has 4 nitrogen and oxygen atoms in total. The summed E-state index contributed by atoms with van der Waals surface area (Å²) >= 11 is 0. The average molecular weight is 174 g/mol. The first-order valence-corrected chi connectivity index (χ1v) is 4.34. The van der Waals surface area contributed by atoms with Gasteiger partial charge in [-0.1, -0.05) is 19.8 Å². The van der Waals surface area contributed by atoms with Crippen LogP contribution in [0.1, 0.15) is 32.6 Å². The predicted octanol–water partition coefficient (Wildman–Crippen LogP) is 0.989. The van der Waals surface area contributed by atoms with Crippen molar-refractivity contribution in [3.63, 3.8) is 0 Å². The maximum absolute atomic E-state index is 10.2. The third kappa shape index (κ3) is 7.34. The first-order valence-electron chi connectivity index (χ1n) is 4.34. The van der Waals surface area contributed by atoms with E-state index >= 15 is 0 Å². The van der Waals surface area contributed by atoms with Crippen molar-refractivity contribution >= 4 is 6.09 Å². The van der Waals surface area contributed by atoms with E-state index in [1.54, 1.807) is 0 Å². The van der Waals surface area contributed by atoms with Crippen LogP contribution in [0.5, 0.6) is 0 Å². The van der Waals surface area contributed by atoms with Crippen molar-refractivity contribution in [1.29, 1.82) is 0 Å². The van der Waals surface area contributed by atoms with Gasteiger partial charge in [0.1, 0.15) is 0 Å². The van der Waals surface area contributed by atoms with Crippen molar-refractivity contribution in [3.8, 4) is 0 Å². The van der Waals surface area contributed by atoms with E-state index in [4.69, 9.17) is 11.5 Å². The normalized spacial score (nSPS) is 12.5. The fourth-order valence-electron chi connectivity index (χ4n) is 0.922. The van der Waals surface area contributed by atoms with Gasteiger partial charge in [0.25, 0.3) is 0 Å². The van der Waals surface area contributed by atoms with Gasteiger partial charge < -0.3 is 16.2 Å². The Morgan fingerprint density at radius 2 is 2.17 bits per heavy atom. The van der Waals surface area contributed by atoms with Gasteiger partial charge in [-0.15, -0.1) is 0 Å². The summed E-state index contributed by atoms with van der Waals surface area (Å²) in [6.07, 6.45) is 3.22. The lowest BCUT2D eigenvalue weighted by Gasteiger charge is -2.09. The van der Waals surface area contributed by atoms with Crippen molar-refractivity contribution in [3.05, 3.63) is 0 Å². The Balaban J connectivity index is 3.19. The van der Waals surface area contributed by atoms with Crippen LogP contribution in [0, 0.1) is 0 Å². The Kier molecular flexibility index (Phi) is 6.47. The Morgan fingerprint density at radius 1 is 1.50 bits per heavy atom. The molecule has 0 aromatic heterocycles. The van der Waals surface area contributed by atoms with E-state index in [9.17, 15) is 4.79 Å². The van der Waals surface area contributed by atoms with E-state index in [0.717, 1.165) is 19.3 Å². The molecule has 0 aliphatic carbocycles. The van der Waals surface area contributed by atoms with Gasteiger partial charge in [0.05, 0.1) is 6.61 Å². The Bertz CT molecular complexity index is 128. The van der Waals surface area contributed by atoms with Crippen LogP contribution in [0.3, 0.4) is 0 Å². The summed E-state index contributed by atoms with van der Waals surface area (Å²) in [6.45, 7) is 2.45. The van der Waals surface area contributed by atoms with E-state index in [2.05, 4.69) is 11.7 Å². The maximum Gasteiger partial charge on any atom is 0.404 e. The lowest BCUT2D eigenvalue weighted by atomic mass is 10.1. The van der Waals surface area contributed by atoms with Crippen LogP contribution in [0.4, 0.5) is 4.79 Å². The smallest absolute Gasteiger partial charge is 0.404 e. The summed E-state index contributed by atoms with van der Waals surface area (Å²) < 4.78 is 4.55. The monoisotopic (exact) mass is 174 g/mol. The molecule has 0 saturated carbocycles. The number of hydrogen-bond acceptors (Lipinski definition) is 3. The van der Waals surface area contributed by atoms with Crippen molar-refractivity contribution in [2.75, 3.05) is 6.61 Å². The van der Waals surface area contributed by atoms with Crippen molar-refractivity contribution in [2.24, 2.45) is 11.5 Å². The number of primary amides is 1. The predicted molar refractivity (Wildman–Crippen MR) is 47.7 cm³/mol. The minimum absolute atomic E-state index is 0.129. The van der Waals surface area contributed by atoms with E-state index in [-0.39, 0.29) is 6.04 Å². The summed E-state index contributed by atoms with van der Waals surface area (Å²) in [7, 11) is 0. The highest BCUT2D eigenvalue weighted by atomic mass is 16.5. The van der Waals surface area contributed by atoms with Crippen molar-refractivity contribution in [1.82, 2.24) is 0 Å². The zero-order valence-electron chi connectivity index (χ0n) is 7.58. The van der Waals surface area contributed by atoms with E-state index in [1.165, 1.54) is 0 Å². The standard InChI is InChI=1S/C8H18N2O2/c1-2-3-4-7(9)5-6-12-8(10)11/h7H,2-6,9H2,1H3,(H2,10,11). The molecular formula is C8H18N2O2. The molecule has 4 N–H and O–H groups in total. The molecule has 0 saturated heterocycles. The van der Waals surface area contributed by atoms with Crippen LogP contribution in [0.15, 0.2) is 0 Å². The second-order valence-electron chi connectivity index (χ2n) is 2.86. The molecule has 1 atom stereocenters. The first-order chi connectivity index (χ1) is 5.66. The molecule has 0 aromatic carbocycles.